The first-order valence-electron chi connectivity index (χ1n) is 6.74. The predicted molar refractivity (Wildman–Crippen MR) is 78.6 cm³/mol. The molecular formula is C14H16BrN3O2. The zero-order valence-corrected chi connectivity index (χ0v) is 12.5. The lowest BCUT2D eigenvalue weighted by atomic mass is 10.1. The van der Waals surface area contributed by atoms with Gasteiger partial charge in [-0.2, -0.15) is 5.10 Å². The Morgan fingerprint density at radius 2 is 2.35 bits per heavy atom. The number of amides is 1. The second-order valence-corrected chi connectivity index (χ2v) is 6.06. The van der Waals surface area contributed by atoms with Crippen LogP contribution >= 0.6 is 15.9 Å². The molecule has 2 aromatic rings. The first-order chi connectivity index (χ1) is 9.65. The van der Waals surface area contributed by atoms with E-state index in [1.165, 1.54) is 0 Å². The van der Waals surface area contributed by atoms with Crippen molar-refractivity contribution in [2.75, 3.05) is 6.54 Å². The van der Waals surface area contributed by atoms with E-state index in [1.54, 1.807) is 23.0 Å². The van der Waals surface area contributed by atoms with Crippen molar-refractivity contribution in [3.63, 3.8) is 0 Å². The predicted octanol–water partition coefficient (Wildman–Crippen LogP) is 1.99. The van der Waals surface area contributed by atoms with E-state index in [2.05, 4.69) is 26.3 Å². The van der Waals surface area contributed by atoms with Gasteiger partial charge in [-0.25, -0.2) is 4.52 Å². The molecule has 1 aliphatic rings. The van der Waals surface area contributed by atoms with Gasteiger partial charge in [-0.3, -0.25) is 4.79 Å². The SMILES string of the molecule is O=C(NC[C@H]1CCC[C@@H]1O)c1ccc2c(Br)cnn2c1. The van der Waals surface area contributed by atoms with Crippen molar-refractivity contribution >= 4 is 27.4 Å². The molecule has 0 aliphatic heterocycles. The van der Waals surface area contributed by atoms with Crippen LogP contribution in [0.4, 0.5) is 0 Å². The number of aliphatic hydroxyl groups is 1. The molecule has 1 aliphatic carbocycles. The molecule has 0 unspecified atom stereocenters. The number of aromatic nitrogens is 2. The van der Waals surface area contributed by atoms with Crippen molar-refractivity contribution in [3.8, 4) is 0 Å². The zero-order valence-electron chi connectivity index (χ0n) is 10.9. The van der Waals surface area contributed by atoms with Gasteiger partial charge in [0.15, 0.2) is 0 Å². The Labute approximate surface area is 125 Å². The minimum atomic E-state index is -0.278. The van der Waals surface area contributed by atoms with E-state index < -0.39 is 0 Å². The molecule has 0 saturated heterocycles. The number of hydrogen-bond acceptors (Lipinski definition) is 3. The molecule has 0 aromatic carbocycles. The van der Waals surface area contributed by atoms with Crippen molar-refractivity contribution < 1.29 is 9.90 Å². The molecule has 106 valence electrons. The van der Waals surface area contributed by atoms with Crippen LogP contribution in [0.2, 0.25) is 0 Å². The van der Waals surface area contributed by atoms with Crippen LogP contribution in [0.25, 0.3) is 5.52 Å². The van der Waals surface area contributed by atoms with Crippen LogP contribution in [0.3, 0.4) is 0 Å². The average molecular weight is 338 g/mol. The Kier molecular flexibility index (Phi) is 3.76. The largest absolute Gasteiger partial charge is 0.393 e. The van der Waals surface area contributed by atoms with Crippen molar-refractivity contribution in [2.24, 2.45) is 5.92 Å². The summed E-state index contributed by atoms with van der Waals surface area (Å²) in [7, 11) is 0. The second kappa shape index (κ2) is 5.54. The Hall–Kier alpha value is -1.40. The summed E-state index contributed by atoms with van der Waals surface area (Å²) in [5.41, 5.74) is 1.49. The first-order valence-corrected chi connectivity index (χ1v) is 7.53. The lowest BCUT2D eigenvalue weighted by Gasteiger charge is -2.15. The van der Waals surface area contributed by atoms with Crippen LogP contribution in [0.15, 0.2) is 29.0 Å². The summed E-state index contributed by atoms with van der Waals surface area (Å²) in [6.07, 6.45) is 5.99. The van der Waals surface area contributed by atoms with Crippen molar-refractivity contribution in [2.45, 2.75) is 25.4 Å². The number of nitrogens with zero attached hydrogens (tertiary/aromatic N) is 2. The zero-order chi connectivity index (χ0) is 14.1. The molecule has 0 radical (unpaired) electrons. The molecule has 6 heteroatoms. The highest BCUT2D eigenvalue weighted by Crippen LogP contribution is 2.24. The summed E-state index contributed by atoms with van der Waals surface area (Å²) in [6, 6.07) is 3.64. The smallest absolute Gasteiger partial charge is 0.252 e. The van der Waals surface area contributed by atoms with E-state index in [-0.39, 0.29) is 17.9 Å². The van der Waals surface area contributed by atoms with E-state index in [4.69, 9.17) is 0 Å². The van der Waals surface area contributed by atoms with E-state index >= 15 is 0 Å². The molecule has 1 fully saturated rings. The van der Waals surface area contributed by atoms with Crippen molar-refractivity contribution in [1.82, 2.24) is 14.9 Å². The van der Waals surface area contributed by atoms with Crippen LogP contribution < -0.4 is 5.32 Å². The van der Waals surface area contributed by atoms with Gasteiger partial charge in [0.05, 0.1) is 27.9 Å². The number of carbonyl (C=O) groups is 1. The third-order valence-electron chi connectivity index (χ3n) is 3.88. The number of hydrogen-bond donors (Lipinski definition) is 2. The van der Waals surface area contributed by atoms with Gasteiger partial charge < -0.3 is 10.4 Å². The summed E-state index contributed by atoms with van der Waals surface area (Å²) in [4.78, 5) is 12.1. The first kappa shape index (κ1) is 13.6. The fourth-order valence-corrected chi connectivity index (χ4v) is 3.07. The van der Waals surface area contributed by atoms with Crippen LogP contribution in [0, 0.1) is 5.92 Å². The normalized spacial score (nSPS) is 22.3. The minimum absolute atomic E-state index is 0.127. The molecule has 2 aromatic heterocycles. The number of rotatable bonds is 3. The monoisotopic (exact) mass is 337 g/mol. The van der Waals surface area contributed by atoms with E-state index in [0.29, 0.717) is 12.1 Å². The van der Waals surface area contributed by atoms with Crippen LogP contribution in [0.1, 0.15) is 29.6 Å². The van der Waals surface area contributed by atoms with Gasteiger partial charge in [0, 0.05) is 18.7 Å². The van der Waals surface area contributed by atoms with E-state index in [0.717, 1.165) is 29.3 Å². The molecule has 2 heterocycles. The summed E-state index contributed by atoms with van der Waals surface area (Å²) < 4.78 is 2.57. The summed E-state index contributed by atoms with van der Waals surface area (Å²) in [6.45, 7) is 0.529. The van der Waals surface area contributed by atoms with Crippen LogP contribution in [-0.4, -0.2) is 33.3 Å². The molecule has 20 heavy (non-hydrogen) atoms. The Morgan fingerprint density at radius 1 is 1.50 bits per heavy atom. The van der Waals surface area contributed by atoms with Crippen LogP contribution in [0.5, 0.6) is 0 Å². The molecule has 2 atom stereocenters. The summed E-state index contributed by atoms with van der Waals surface area (Å²) in [5.74, 6) is 0.0548. The quantitative estimate of drug-likeness (QED) is 0.899. The number of carbonyl (C=O) groups excluding carboxylic acids is 1. The molecule has 1 amide bonds. The van der Waals surface area contributed by atoms with Gasteiger partial charge in [-0.15, -0.1) is 0 Å². The number of aliphatic hydroxyl groups excluding tert-OH is 1. The summed E-state index contributed by atoms with van der Waals surface area (Å²) in [5, 5.41) is 16.8. The molecule has 0 bridgehead atoms. The van der Waals surface area contributed by atoms with Crippen molar-refractivity contribution in [1.29, 1.82) is 0 Å². The van der Waals surface area contributed by atoms with Crippen LogP contribution in [-0.2, 0) is 0 Å². The number of pyridine rings is 1. The second-order valence-electron chi connectivity index (χ2n) is 5.21. The molecule has 0 spiro atoms. The molecule has 3 rings (SSSR count). The maximum absolute atomic E-state index is 12.1. The fraction of sp³-hybridized carbons (Fsp3) is 0.429. The minimum Gasteiger partial charge on any atom is -0.393 e. The fourth-order valence-electron chi connectivity index (χ4n) is 2.67. The molecular weight excluding hydrogens is 322 g/mol. The lowest BCUT2D eigenvalue weighted by molar-refractivity contribution is 0.0916. The van der Waals surface area contributed by atoms with Gasteiger partial charge >= 0.3 is 0 Å². The van der Waals surface area contributed by atoms with Gasteiger partial charge in [0.25, 0.3) is 5.91 Å². The van der Waals surface area contributed by atoms with Gasteiger partial charge in [0.1, 0.15) is 0 Å². The van der Waals surface area contributed by atoms with E-state index in [1.807, 2.05) is 6.07 Å². The maximum atomic E-state index is 12.1. The topological polar surface area (TPSA) is 66.6 Å². The molecule has 2 N–H and O–H groups in total. The standard InChI is InChI=1S/C14H16BrN3O2/c15-11-7-17-18-8-10(4-5-12(11)18)14(20)16-6-9-2-1-3-13(9)19/h4-5,7-9,13,19H,1-3,6H2,(H,16,20)/t9-,13+/m1/s1. The number of halogens is 1. The van der Waals surface area contributed by atoms with Gasteiger partial charge in [0.2, 0.25) is 0 Å². The van der Waals surface area contributed by atoms with E-state index in [9.17, 15) is 9.90 Å². The highest BCUT2D eigenvalue weighted by molar-refractivity contribution is 9.10. The highest BCUT2D eigenvalue weighted by atomic mass is 79.9. The Balaban J connectivity index is 1.69. The van der Waals surface area contributed by atoms with Gasteiger partial charge in [-0.1, -0.05) is 6.42 Å². The Morgan fingerprint density at radius 3 is 3.10 bits per heavy atom. The third kappa shape index (κ3) is 2.58. The maximum Gasteiger partial charge on any atom is 0.252 e. The number of nitrogens with one attached hydrogen (secondary N) is 1. The van der Waals surface area contributed by atoms with Crippen molar-refractivity contribution in [3.05, 3.63) is 34.6 Å². The Bertz CT molecular complexity index is 640. The highest BCUT2D eigenvalue weighted by Gasteiger charge is 2.25. The molecule has 5 nitrogen and oxygen atoms in total. The third-order valence-corrected chi connectivity index (χ3v) is 4.49. The average Bonchev–Trinajstić information content (AvgIpc) is 3.02. The molecule has 1 saturated carbocycles. The van der Waals surface area contributed by atoms with Gasteiger partial charge in [-0.05, 0) is 40.9 Å². The summed E-state index contributed by atoms with van der Waals surface area (Å²) >= 11 is 3.40. The number of fused-ring (bicyclic) bond motifs is 1. The lowest BCUT2D eigenvalue weighted by Crippen LogP contribution is -2.32.